The number of para-hydroxylation sites is 1. The van der Waals surface area contributed by atoms with Crippen LogP contribution in [0.1, 0.15) is 25.3 Å². The number of aliphatic hydroxyl groups excluding tert-OH is 1. The Hall–Kier alpha value is -3.27. The van der Waals surface area contributed by atoms with Crippen LogP contribution in [0, 0.1) is 18.8 Å². The van der Waals surface area contributed by atoms with Gasteiger partial charge < -0.3 is 24.5 Å². The number of carbonyl (C=O) groups excluding carboxylic acids is 3. The van der Waals surface area contributed by atoms with Gasteiger partial charge in [0.1, 0.15) is 11.8 Å². The van der Waals surface area contributed by atoms with Crippen LogP contribution in [0.25, 0.3) is 0 Å². The van der Waals surface area contributed by atoms with Crippen molar-refractivity contribution in [3.63, 3.8) is 0 Å². The third-order valence-corrected chi connectivity index (χ3v) is 11.0. The second kappa shape index (κ2) is 12.8. The van der Waals surface area contributed by atoms with Crippen LogP contribution in [0.3, 0.4) is 0 Å². The number of hydrogen-bond acceptors (Lipinski definition) is 6. The number of ether oxygens (including phenoxy) is 1. The molecule has 1 N–H and O–H groups in total. The minimum Gasteiger partial charge on any atom is -0.494 e. The molecule has 3 heterocycles. The highest BCUT2D eigenvalue weighted by Crippen LogP contribution is 2.66. The summed E-state index contributed by atoms with van der Waals surface area (Å²) in [4.78, 5) is 48.0. The van der Waals surface area contributed by atoms with Crippen molar-refractivity contribution in [3.8, 4) is 5.75 Å². The number of nitrogens with zero attached hydrogens (tertiary/aromatic N) is 3. The van der Waals surface area contributed by atoms with Crippen LogP contribution in [0.15, 0.2) is 67.8 Å². The van der Waals surface area contributed by atoms with E-state index in [-0.39, 0.29) is 49.2 Å². The average molecular weight is 624 g/mol. The van der Waals surface area contributed by atoms with Crippen LogP contribution in [-0.2, 0) is 14.4 Å². The van der Waals surface area contributed by atoms with Gasteiger partial charge in [-0.2, -0.15) is 0 Å². The first-order valence-corrected chi connectivity index (χ1v) is 15.9. The molecule has 228 valence electrons. The topological polar surface area (TPSA) is 90.4 Å². The van der Waals surface area contributed by atoms with Gasteiger partial charge in [-0.1, -0.05) is 35.9 Å². The molecule has 5 atom stereocenters. The van der Waals surface area contributed by atoms with E-state index in [9.17, 15) is 19.5 Å². The Morgan fingerprint density at radius 1 is 1.14 bits per heavy atom. The summed E-state index contributed by atoms with van der Waals surface area (Å²) < 4.78 is 4.77. The highest BCUT2D eigenvalue weighted by molar-refractivity contribution is 8.02. The van der Waals surface area contributed by atoms with Crippen molar-refractivity contribution in [2.24, 2.45) is 11.8 Å². The van der Waals surface area contributed by atoms with Crippen molar-refractivity contribution in [2.75, 3.05) is 42.6 Å². The number of hydrogen-bond donors (Lipinski definition) is 1. The van der Waals surface area contributed by atoms with Gasteiger partial charge in [0, 0.05) is 30.6 Å². The quantitative estimate of drug-likeness (QED) is 0.340. The first kappa shape index (κ1) is 31.2. The monoisotopic (exact) mass is 623 g/mol. The van der Waals surface area contributed by atoms with Crippen LogP contribution >= 0.6 is 23.4 Å². The molecule has 0 saturated carbocycles. The van der Waals surface area contributed by atoms with E-state index < -0.39 is 22.6 Å². The number of aliphatic hydroxyl groups is 1. The largest absolute Gasteiger partial charge is 0.494 e. The molecular formula is C33H38ClN3O5S. The molecule has 0 aliphatic carbocycles. The highest BCUT2D eigenvalue weighted by atomic mass is 35.5. The van der Waals surface area contributed by atoms with Crippen molar-refractivity contribution in [3.05, 3.63) is 78.4 Å². The highest BCUT2D eigenvalue weighted by Gasteiger charge is 2.74. The first-order chi connectivity index (χ1) is 20.7. The zero-order chi connectivity index (χ0) is 30.9. The summed E-state index contributed by atoms with van der Waals surface area (Å²) in [5.74, 6) is -1.32. The number of halogens is 1. The molecule has 2 bridgehead atoms. The number of anilines is 2. The van der Waals surface area contributed by atoms with E-state index >= 15 is 0 Å². The summed E-state index contributed by atoms with van der Waals surface area (Å²) in [5, 5.41) is 10.3. The van der Waals surface area contributed by atoms with E-state index in [4.69, 9.17) is 16.3 Å². The average Bonchev–Trinajstić information content (AvgIpc) is 3.63. The summed E-state index contributed by atoms with van der Waals surface area (Å²) in [6.45, 7) is 12.2. The van der Waals surface area contributed by atoms with Gasteiger partial charge in [0.15, 0.2) is 0 Å². The molecule has 2 aromatic carbocycles. The summed E-state index contributed by atoms with van der Waals surface area (Å²) in [5.41, 5.74) is 2.08. The summed E-state index contributed by atoms with van der Waals surface area (Å²) in [6.07, 6.45) is 4.64. The zero-order valence-electron chi connectivity index (χ0n) is 24.6. The molecule has 43 heavy (non-hydrogen) atoms. The van der Waals surface area contributed by atoms with E-state index in [0.717, 1.165) is 5.56 Å². The molecule has 0 radical (unpaired) electrons. The maximum absolute atomic E-state index is 14.6. The minimum atomic E-state index is -0.862. The van der Waals surface area contributed by atoms with Crippen LogP contribution in [0.4, 0.5) is 11.4 Å². The lowest BCUT2D eigenvalue weighted by Gasteiger charge is -2.38. The number of likely N-dealkylation sites (tertiary alicyclic amines) is 1. The lowest BCUT2D eigenvalue weighted by molar-refractivity contribution is -0.139. The van der Waals surface area contributed by atoms with E-state index in [1.165, 1.54) is 4.90 Å². The smallest absolute Gasteiger partial charge is 0.251 e. The summed E-state index contributed by atoms with van der Waals surface area (Å²) >= 11 is 8.21. The molecule has 3 saturated heterocycles. The van der Waals surface area contributed by atoms with E-state index in [1.54, 1.807) is 39.8 Å². The van der Waals surface area contributed by atoms with Gasteiger partial charge in [-0.25, -0.2) is 0 Å². The van der Waals surface area contributed by atoms with Gasteiger partial charge >= 0.3 is 0 Å². The van der Waals surface area contributed by atoms with Crippen LogP contribution in [0.5, 0.6) is 5.75 Å². The number of β-amino-alcohol motifs (C(OH)–C–C–N with tert-alkyl or cyclic N) is 1. The third kappa shape index (κ3) is 5.25. The second-order valence-electron chi connectivity index (χ2n) is 11.1. The Bertz CT molecular complexity index is 1400. The Labute approximate surface area is 262 Å². The van der Waals surface area contributed by atoms with E-state index in [1.807, 2.05) is 50.2 Å². The predicted molar refractivity (Wildman–Crippen MR) is 172 cm³/mol. The van der Waals surface area contributed by atoms with Crippen molar-refractivity contribution in [1.29, 1.82) is 0 Å². The standard InChI is InChI=1S/C33H38ClN3O5S/c1-5-17-35(22-11-13-23(14-12-22)42-7-3)30(39)26-25-15-16-33(43-25)27(26)31(40)37(19-20-38)29(33)32(41)36(18-6-2)28-21(4)9-8-10-24(28)34/h5-6,8-14,25-27,29,38H,1-2,7,15-20H2,3-4H3/t25-,26+,27+,29?,33?/m1/s1. The van der Waals surface area contributed by atoms with Gasteiger partial charge in [-0.3, -0.25) is 14.4 Å². The fourth-order valence-corrected chi connectivity index (χ4v) is 9.65. The lowest BCUT2D eigenvalue weighted by Crippen LogP contribution is -2.55. The zero-order valence-corrected chi connectivity index (χ0v) is 26.2. The number of benzene rings is 2. The molecule has 10 heteroatoms. The second-order valence-corrected chi connectivity index (χ2v) is 13.1. The molecule has 3 aliphatic heterocycles. The fourth-order valence-electron chi connectivity index (χ4n) is 7.12. The molecule has 0 aromatic heterocycles. The molecule has 3 amide bonds. The maximum Gasteiger partial charge on any atom is 0.251 e. The Morgan fingerprint density at radius 2 is 1.84 bits per heavy atom. The normalized spacial score (nSPS) is 25.4. The summed E-state index contributed by atoms with van der Waals surface area (Å²) in [7, 11) is 0. The van der Waals surface area contributed by atoms with Gasteiger partial charge in [0.05, 0.1) is 40.5 Å². The maximum atomic E-state index is 14.6. The van der Waals surface area contributed by atoms with E-state index in [2.05, 4.69) is 13.2 Å². The number of thioether (sulfide) groups is 1. The molecular weight excluding hydrogens is 586 g/mol. The molecule has 2 unspecified atom stereocenters. The fraction of sp³-hybridized carbons (Fsp3) is 0.424. The van der Waals surface area contributed by atoms with Crippen molar-refractivity contribution in [1.82, 2.24) is 4.90 Å². The lowest BCUT2D eigenvalue weighted by atomic mass is 9.70. The number of fused-ring (bicyclic) bond motifs is 1. The molecule has 3 fully saturated rings. The van der Waals surface area contributed by atoms with Crippen LogP contribution in [-0.4, -0.2) is 76.6 Å². The molecule has 3 aliphatic rings. The van der Waals surface area contributed by atoms with Gasteiger partial charge in [0.25, 0.3) is 5.91 Å². The third-order valence-electron chi connectivity index (χ3n) is 8.73. The van der Waals surface area contributed by atoms with Crippen LogP contribution < -0.4 is 14.5 Å². The van der Waals surface area contributed by atoms with Gasteiger partial charge in [-0.05, 0) is 62.6 Å². The molecule has 5 rings (SSSR count). The Morgan fingerprint density at radius 3 is 2.47 bits per heavy atom. The summed E-state index contributed by atoms with van der Waals surface area (Å²) in [6, 6.07) is 11.9. The van der Waals surface area contributed by atoms with Crippen molar-refractivity contribution < 1.29 is 24.2 Å². The number of rotatable bonds is 12. The number of amides is 3. The van der Waals surface area contributed by atoms with E-state index in [0.29, 0.717) is 41.6 Å². The van der Waals surface area contributed by atoms with Gasteiger partial charge in [-0.15, -0.1) is 24.9 Å². The van der Waals surface area contributed by atoms with Gasteiger partial charge in [0.2, 0.25) is 11.8 Å². The number of aryl methyl sites for hydroxylation is 1. The molecule has 1 spiro atoms. The predicted octanol–water partition coefficient (Wildman–Crippen LogP) is 4.87. The Balaban J connectivity index is 1.54. The first-order valence-electron chi connectivity index (χ1n) is 14.7. The van der Waals surface area contributed by atoms with Crippen molar-refractivity contribution in [2.45, 2.75) is 42.7 Å². The SMILES string of the molecule is C=CCN(C(=O)[C@@H]1[C@H]2C(=O)N(CCO)C(C(=O)N(CC=C)c3c(C)cccc3Cl)C23CC[C@H]1S3)c1ccc(OCC)cc1. The molecule has 2 aromatic rings. The molecule has 8 nitrogen and oxygen atoms in total. The minimum absolute atomic E-state index is 0.00166. The van der Waals surface area contributed by atoms with Crippen molar-refractivity contribution >= 4 is 52.5 Å². The Kier molecular flexibility index (Phi) is 9.25. The number of carbonyl (C=O) groups is 3. The van der Waals surface area contributed by atoms with Crippen LogP contribution in [0.2, 0.25) is 5.02 Å².